The zero-order valence-corrected chi connectivity index (χ0v) is 11.1. The largest absolute Gasteiger partial charge is 0.384 e. The van der Waals surface area contributed by atoms with Crippen LogP contribution in [0, 0.1) is 18.8 Å². The van der Waals surface area contributed by atoms with Crippen molar-refractivity contribution >= 4 is 11.6 Å². The Morgan fingerprint density at radius 2 is 2.25 bits per heavy atom. The second-order valence-electron chi connectivity index (χ2n) is 4.19. The summed E-state index contributed by atoms with van der Waals surface area (Å²) in [5.41, 5.74) is 2.95. The number of benzene rings is 1. The third-order valence-corrected chi connectivity index (χ3v) is 2.71. The van der Waals surface area contributed by atoms with Crippen LogP contribution in [0.5, 0.6) is 0 Å². The first-order chi connectivity index (χ1) is 9.70. The molecule has 0 unspecified atom stereocenters. The van der Waals surface area contributed by atoms with Crippen LogP contribution < -0.4 is 5.32 Å². The molecular weight excluding hydrogens is 252 g/mol. The Hall–Kier alpha value is -2.64. The number of anilines is 1. The number of carbonyl (C=O) groups is 1. The average molecular weight is 266 g/mol. The Morgan fingerprint density at radius 1 is 1.40 bits per heavy atom. The van der Waals surface area contributed by atoms with Gasteiger partial charge in [-0.3, -0.25) is 9.78 Å². The van der Waals surface area contributed by atoms with Gasteiger partial charge in [0.2, 0.25) is 0 Å². The number of amides is 1. The summed E-state index contributed by atoms with van der Waals surface area (Å²) in [5.74, 6) is 5.21. The van der Waals surface area contributed by atoms with E-state index in [0.717, 1.165) is 16.8 Å². The minimum atomic E-state index is -0.199. The number of nitrogens with one attached hydrogen (secondary N) is 1. The van der Waals surface area contributed by atoms with Crippen LogP contribution in [0.4, 0.5) is 5.69 Å². The van der Waals surface area contributed by atoms with Gasteiger partial charge in [-0.1, -0.05) is 11.8 Å². The van der Waals surface area contributed by atoms with Crippen molar-refractivity contribution < 1.29 is 9.90 Å². The molecule has 1 aromatic carbocycles. The van der Waals surface area contributed by atoms with Gasteiger partial charge in [0.25, 0.3) is 5.91 Å². The van der Waals surface area contributed by atoms with Gasteiger partial charge < -0.3 is 10.4 Å². The molecule has 2 rings (SSSR count). The first-order valence-electron chi connectivity index (χ1n) is 6.12. The van der Waals surface area contributed by atoms with Gasteiger partial charge in [-0.25, -0.2) is 0 Å². The van der Waals surface area contributed by atoms with E-state index < -0.39 is 0 Å². The first kappa shape index (κ1) is 13.8. The fraction of sp³-hybridized carbons (Fsp3) is 0.125. The van der Waals surface area contributed by atoms with Crippen LogP contribution in [0.15, 0.2) is 42.7 Å². The molecule has 0 aliphatic heterocycles. The number of carbonyl (C=O) groups excluding carboxylic acids is 1. The lowest BCUT2D eigenvalue weighted by Crippen LogP contribution is -2.12. The van der Waals surface area contributed by atoms with Gasteiger partial charge >= 0.3 is 0 Å². The molecule has 4 heteroatoms. The number of hydrogen-bond donors (Lipinski definition) is 2. The molecule has 0 atom stereocenters. The number of hydrogen-bond acceptors (Lipinski definition) is 3. The summed E-state index contributed by atoms with van der Waals surface area (Å²) in [4.78, 5) is 15.9. The topological polar surface area (TPSA) is 62.2 Å². The molecule has 0 saturated heterocycles. The predicted molar refractivity (Wildman–Crippen MR) is 77.3 cm³/mol. The first-order valence-corrected chi connectivity index (χ1v) is 6.12. The summed E-state index contributed by atoms with van der Waals surface area (Å²) in [6, 6.07) is 8.88. The molecule has 2 aromatic rings. The molecular formula is C16H14N2O2. The Bertz CT molecular complexity index is 670. The van der Waals surface area contributed by atoms with Crippen LogP contribution >= 0.6 is 0 Å². The van der Waals surface area contributed by atoms with E-state index >= 15 is 0 Å². The molecule has 20 heavy (non-hydrogen) atoms. The summed E-state index contributed by atoms with van der Waals surface area (Å²) < 4.78 is 0. The van der Waals surface area contributed by atoms with Crippen molar-refractivity contribution in [3.05, 3.63) is 59.4 Å². The lowest BCUT2D eigenvalue weighted by Gasteiger charge is -2.08. The van der Waals surface area contributed by atoms with Crippen LogP contribution in [0.3, 0.4) is 0 Å². The summed E-state index contributed by atoms with van der Waals surface area (Å²) in [5, 5.41) is 11.5. The summed E-state index contributed by atoms with van der Waals surface area (Å²) in [6.07, 6.45) is 3.14. The van der Waals surface area contributed by atoms with E-state index in [1.807, 2.05) is 13.0 Å². The van der Waals surface area contributed by atoms with Crippen LogP contribution in [0.2, 0.25) is 0 Å². The molecule has 0 fully saturated rings. The molecule has 0 aliphatic rings. The smallest absolute Gasteiger partial charge is 0.257 e. The van der Waals surface area contributed by atoms with Crippen molar-refractivity contribution in [3.63, 3.8) is 0 Å². The molecule has 1 heterocycles. The number of aliphatic hydroxyl groups is 1. The number of aryl methyl sites for hydroxylation is 1. The number of nitrogens with zero attached hydrogens (tertiary/aromatic N) is 1. The van der Waals surface area contributed by atoms with Crippen molar-refractivity contribution in [1.82, 2.24) is 4.98 Å². The van der Waals surface area contributed by atoms with Crippen LogP contribution in [0.1, 0.15) is 21.5 Å². The van der Waals surface area contributed by atoms with E-state index in [1.165, 1.54) is 6.20 Å². The second-order valence-corrected chi connectivity index (χ2v) is 4.19. The Kier molecular flexibility index (Phi) is 4.48. The van der Waals surface area contributed by atoms with Crippen LogP contribution in [0.25, 0.3) is 0 Å². The quantitative estimate of drug-likeness (QED) is 0.817. The van der Waals surface area contributed by atoms with E-state index in [1.54, 1.807) is 30.5 Å². The minimum absolute atomic E-state index is 0.168. The van der Waals surface area contributed by atoms with Crippen LogP contribution in [-0.2, 0) is 0 Å². The van der Waals surface area contributed by atoms with Crippen molar-refractivity contribution in [2.45, 2.75) is 6.92 Å². The molecule has 0 spiro atoms. The Morgan fingerprint density at radius 3 is 2.90 bits per heavy atom. The maximum atomic E-state index is 12.0. The SMILES string of the molecule is Cc1cc(C#CCO)ccc1NC(=O)c1cccnc1. The highest BCUT2D eigenvalue weighted by Crippen LogP contribution is 2.17. The molecule has 100 valence electrons. The third-order valence-electron chi connectivity index (χ3n) is 2.71. The van der Waals surface area contributed by atoms with Crippen molar-refractivity contribution in [2.75, 3.05) is 11.9 Å². The van der Waals surface area contributed by atoms with Crippen LogP contribution in [-0.4, -0.2) is 22.6 Å². The van der Waals surface area contributed by atoms with Gasteiger partial charge in [-0.2, -0.15) is 0 Å². The third kappa shape index (κ3) is 3.44. The highest BCUT2D eigenvalue weighted by molar-refractivity contribution is 6.04. The average Bonchev–Trinajstić information content (AvgIpc) is 2.48. The fourth-order valence-corrected chi connectivity index (χ4v) is 1.71. The summed E-state index contributed by atoms with van der Waals surface area (Å²) in [6.45, 7) is 1.72. The molecule has 1 amide bonds. The van der Waals surface area contributed by atoms with Gasteiger partial charge in [-0.15, -0.1) is 0 Å². The van der Waals surface area contributed by atoms with E-state index in [-0.39, 0.29) is 12.5 Å². The maximum Gasteiger partial charge on any atom is 0.257 e. The van der Waals surface area contributed by atoms with Crippen molar-refractivity contribution in [3.8, 4) is 11.8 Å². The van der Waals surface area contributed by atoms with Gasteiger partial charge in [0.15, 0.2) is 0 Å². The summed E-state index contributed by atoms with van der Waals surface area (Å²) in [7, 11) is 0. The minimum Gasteiger partial charge on any atom is -0.384 e. The molecule has 0 saturated carbocycles. The second kappa shape index (κ2) is 6.50. The number of rotatable bonds is 2. The van der Waals surface area contributed by atoms with Crippen molar-refractivity contribution in [1.29, 1.82) is 0 Å². The fourth-order valence-electron chi connectivity index (χ4n) is 1.71. The van der Waals surface area contributed by atoms with Gasteiger partial charge in [-0.05, 0) is 42.8 Å². The van der Waals surface area contributed by atoms with Gasteiger partial charge in [0.1, 0.15) is 6.61 Å². The van der Waals surface area contributed by atoms with Gasteiger partial charge in [0.05, 0.1) is 5.56 Å². The Balaban J connectivity index is 2.16. The van der Waals surface area contributed by atoms with E-state index in [2.05, 4.69) is 22.1 Å². The predicted octanol–water partition coefficient (Wildman–Crippen LogP) is 1.99. The standard InChI is InChI=1S/C16H14N2O2/c1-12-10-13(4-3-9-19)6-7-15(12)18-16(20)14-5-2-8-17-11-14/h2,5-8,10-11,19H,9H2,1H3,(H,18,20). The lowest BCUT2D eigenvalue weighted by molar-refractivity contribution is 0.102. The van der Waals surface area contributed by atoms with E-state index in [9.17, 15) is 4.79 Å². The van der Waals surface area contributed by atoms with Crippen molar-refractivity contribution in [2.24, 2.45) is 0 Å². The summed E-state index contributed by atoms with van der Waals surface area (Å²) >= 11 is 0. The zero-order chi connectivity index (χ0) is 14.4. The molecule has 0 radical (unpaired) electrons. The monoisotopic (exact) mass is 266 g/mol. The molecule has 0 bridgehead atoms. The normalized spacial score (nSPS) is 9.50. The maximum absolute atomic E-state index is 12.0. The molecule has 2 N–H and O–H groups in total. The molecule has 1 aromatic heterocycles. The number of aromatic nitrogens is 1. The Labute approximate surface area is 117 Å². The highest BCUT2D eigenvalue weighted by atomic mass is 16.2. The number of pyridine rings is 1. The highest BCUT2D eigenvalue weighted by Gasteiger charge is 2.07. The van der Waals surface area contributed by atoms with Gasteiger partial charge in [0, 0.05) is 23.6 Å². The molecule has 0 aliphatic carbocycles. The van der Waals surface area contributed by atoms with E-state index in [0.29, 0.717) is 5.56 Å². The lowest BCUT2D eigenvalue weighted by atomic mass is 10.1. The number of aliphatic hydroxyl groups excluding tert-OH is 1. The molecule has 4 nitrogen and oxygen atoms in total. The van der Waals surface area contributed by atoms with E-state index in [4.69, 9.17) is 5.11 Å². The zero-order valence-electron chi connectivity index (χ0n) is 11.1.